The molecule has 0 aliphatic carbocycles. The minimum absolute atomic E-state index is 0.0477. The number of hydrogen-bond acceptors (Lipinski definition) is 5. The molecular formula is C16H12N2O4S. The van der Waals surface area contributed by atoms with Crippen LogP contribution in [0.1, 0.15) is 10.4 Å². The predicted octanol–water partition coefficient (Wildman–Crippen LogP) is 3.02. The molecule has 1 heterocycles. The van der Waals surface area contributed by atoms with Crippen LogP contribution in [0.3, 0.4) is 0 Å². The van der Waals surface area contributed by atoms with Gasteiger partial charge in [0.1, 0.15) is 0 Å². The molecule has 23 heavy (non-hydrogen) atoms. The SMILES string of the molecule is O=C(O)c1ccccc1NC1SC(=O)N(c2ccccc2)C1=O. The Morgan fingerprint density at radius 3 is 2.39 bits per heavy atom. The lowest BCUT2D eigenvalue weighted by Gasteiger charge is -2.15. The quantitative estimate of drug-likeness (QED) is 0.897. The second-order valence-electron chi connectivity index (χ2n) is 4.77. The molecule has 2 aromatic rings. The molecule has 1 aliphatic rings. The molecule has 0 spiro atoms. The lowest BCUT2D eigenvalue weighted by molar-refractivity contribution is -0.116. The normalized spacial score (nSPS) is 17.4. The lowest BCUT2D eigenvalue weighted by Crippen LogP contribution is -2.34. The van der Waals surface area contributed by atoms with Crippen LogP contribution in [0.2, 0.25) is 0 Å². The Balaban J connectivity index is 1.85. The fraction of sp³-hybridized carbons (Fsp3) is 0.0625. The predicted molar refractivity (Wildman–Crippen MR) is 87.7 cm³/mol. The van der Waals surface area contributed by atoms with Crippen LogP contribution in [0.15, 0.2) is 54.6 Å². The topological polar surface area (TPSA) is 86.7 Å². The summed E-state index contributed by atoms with van der Waals surface area (Å²) in [5.41, 5.74) is 0.839. The van der Waals surface area contributed by atoms with Gasteiger partial charge in [-0.15, -0.1) is 0 Å². The van der Waals surface area contributed by atoms with E-state index < -0.39 is 22.5 Å². The second-order valence-corrected chi connectivity index (χ2v) is 5.82. The summed E-state index contributed by atoms with van der Waals surface area (Å²) in [4.78, 5) is 36.9. The smallest absolute Gasteiger partial charge is 0.337 e. The van der Waals surface area contributed by atoms with Crippen molar-refractivity contribution >= 4 is 40.3 Å². The molecule has 1 unspecified atom stereocenters. The summed E-state index contributed by atoms with van der Waals surface area (Å²) in [5, 5.41) is 10.8. The van der Waals surface area contributed by atoms with Crippen LogP contribution in [0.25, 0.3) is 0 Å². The van der Waals surface area contributed by atoms with Gasteiger partial charge < -0.3 is 10.4 Å². The highest BCUT2D eigenvalue weighted by Crippen LogP contribution is 2.32. The van der Waals surface area contributed by atoms with E-state index in [-0.39, 0.29) is 5.56 Å². The summed E-state index contributed by atoms with van der Waals surface area (Å²) in [5.74, 6) is -1.53. The number of carbonyl (C=O) groups excluding carboxylic acids is 2. The molecule has 1 saturated heterocycles. The number of para-hydroxylation sites is 2. The molecule has 116 valence electrons. The molecular weight excluding hydrogens is 316 g/mol. The maximum Gasteiger partial charge on any atom is 0.337 e. The van der Waals surface area contributed by atoms with Gasteiger partial charge in [-0.25, -0.2) is 9.69 Å². The van der Waals surface area contributed by atoms with Crippen molar-refractivity contribution in [2.45, 2.75) is 5.37 Å². The molecule has 0 aromatic heterocycles. The Hall–Kier alpha value is -2.80. The highest BCUT2D eigenvalue weighted by molar-refractivity contribution is 8.16. The third kappa shape index (κ3) is 2.91. The first-order valence-corrected chi connectivity index (χ1v) is 7.64. The van der Waals surface area contributed by atoms with Crippen molar-refractivity contribution in [3.05, 3.63) is 60.2 Å². The van der Waals surface area contributed by atoms with Gasteiger partial charge in [0.15, 0.2) is 5.37 Å². The van der Waals surface area contributed by atoms with Gasteiger partial charge in [-0.1, -0.05) is 30.3 Å². The molecule has 1 fully saturated rings. The van der Waals surface area contributed by atoms with E-state index in [0.29, 0.717) is 11.4 Å². The standard InChI is InChI=1S/C16H12N2O4S/c19-14-13(17-12-9-5-4-8-11(12)15(20)21)23-16(22)18(14)10-6-2-1-3-7-10/h1-9,13,17H,(H,20,21). The monoisotopic (exact) mass is 328 g/mol. The third-order valence-electron chi connectivity index (χ3n) is 3.30. The molecule has 3 rings (SSSR count). The van der Waals surface area contributed by atoms with Crippen molar-refractivity contribution in [1.29, 1.82) is 0 Å². The molecule has 0 radical (unpaired) electrons. The van der Waals surface area contributed by atoms with E-state index in [1.165, 1.54) is 6.07 Å². The number of nitrogens with one attached hydrogen (secondary N) is 1. The van der Waals surface area contributed by atoms with Gasteiger partial charge in [0.25, 0.3) is 11.1 Å². The number of rotatable bonds is 4. The minimum Gasteiger partial charge on any atom is -0.478 e. The molecule has 6 nitrogen and oxygen atoms in total. The number of thioether (sulfide) groups is 1. The number of imide groups is 1. The maximum atomic E-state index is 12.5. The van der Waals surface area contributed by atoms with E-state index in [2.05, 4.69) is 5.32 Å². The second kappa shape index (κ2) is 6.13. The first-order valence-electron chi connectivity index (χ1n) is 6.76. The number of benzene rings is 2. The number of carboxylic acid groups (broad SMARTS) is 1. The van der Waals surface area contributed by atoms with Gasteiger partial charge in [-0.3, -0.25) is 9.59 Å². The summed E-state index contributed by atoms with van der Waals surface area (Å²) < 4.78 is 0. The Morgan fingerprint density at radius 1 is 1.04 bits per heavy atom. The summed E-state index contributed by atoms with van der Waals surface area (Å²) in [6, 6.07) is 14.9. The Morgan fingerprint density at radius 2 is 1.70 bits per heavy atom. The van der Waals surface area contributed by atoms with Crippen molar-refractivity contribution in [3.63, 3.8) is 0 Å². The molecule has 0 saturated carbocycles. The lowest BCUT2D eigenvalue weighted by atomic mass is 10.2. The van der Waals surface area contributed by atoms with E-state index in [1.54, 1.807) is 48.5 Å². The number of aromatic carboxylic acids is 1. The van der Waals surface area contributed by atoms with E-state index in [9.17, 15) is 19.5 Å². The number of amides is 2. The Kier molecular flexibility index (Phi) is 4.03. The van der Waals surface area contributed by atoms with Crippen molar-refractivity contribution in [1.82, 2.24) is 0 Å². The largest absolute Gasteiger partial charge is 0.478 e. The first kappa shape index (κ1) is 15.1. The summed E-state index contributed by atoms with van der Waals surface area (Å²) in [7, 11) is 0. The van der Waals surface area contributed by atoms with Gasteiger partial charge in [-0.2, -0.15) is 0 Å². The van der Waals surface area contributed by atoms with Crippen LogP contribution in [-0.4, -0.2) is 27.6 Å². The van der Waals surface area contributed by atoms with Crippen LogP contribution in [0.4, 0.5) is 16.2 Å². The van der Waals surface area contributed by atoms with Gasteiger partial charge >= 0.3 is 5.97 Å². The summed E-state index contributed by atoms with van der Waals surface area (Å²) in [6.45, 7) is 0. The number of carbonyl (C=O) groups is 3. The first-order chi connectivity index (χ1) is 11.1. The van der Waals surface area contributed by atoms with Crippen LogP contribution in [0.5, 0.6) is 0 Å². The third-order valence-corrected chi connectivity index (χ3v) is 4.24. The number of carboxylic acids is 1. The Bertz CT molecular complexity index is 779. The van der Waals surface area contributed by atoms with Gasteiger partial charge in [0, 0.05) is 5.69 Å². The number of hydrogen-bond donors (Lipinski definition) is 2. The van der Waals surface area contributed by atoms with Crippen LogP contribution < -0.4 is 10.2 Å². The average Bonchev–Trinajstić information content (AvgIpc) is 2.82. The number of nitrogens with zero attached hydrogens (tertiary/aromatic N) is 1. The van der Waals surface area contributed by atoms with E-state index in [4.69, 9.17) is 0 Å². The van der Waals surface area contributed by atoms with Crippen molar-refractivity contribution in [3.8, 4) is 0 Å². The zero-order valence-corrected chi connectivity index (χ0v) is 12.6. The highest BCUT2D eigenvalue weighted by Gasteiger charge is 2.41. The maximum absolute atomic E-state index is 12.5. The van der Waals surface area contributed by atoms with Crippen molar-refractivity contribution in [2.24, 2.45) is 0 Å². The molecule has 7 heteroatoms. The zero-order valence-electron chi connectivity index (χ0n) is 11.8. The fourth-order valence-electron chi connectivity index (χ4n) is 2.25. The Labute approximate surface area is 136 Å². The van der Waals surface area contributed by atoms with Gasteiger partial charge in [0.2, 0.25) is 0 Å². The van der Waals surface area contributed by atoms with Crippen LogP contribution in [0, 0.1) is 0 Å². The van der Waals surface area contributed by atoms with Crippen molar-refractivity contribution in [2.75, 3.05) is 10.2 Å². The zero-order chi connectivity index (χ0) is 16.4. The van der Waals surface area contributed by atoms with E-state index >= 15 is 0 Å². The molecule has 0 bridgehead atoms. The summed E-state index contributed by atoms with van der Waals surface area (Å²) in [6.07, 6.45) is 0. The molecule has 1 aliphatic heterocycles. The van der Waals surface area contributed by atoms with Crippen LogP contribution in [-0.2, 0) is 4.79 Å². The fourth-order valence-corrected chi connectivity index (χ4v) is 3.14. The molecule has 2 aromatic carbocycles. The van der Waals surface area contributed by atoms with E-state index in [1.807, 2.05) is 0 Å². The van der Waals surface area contributed by atoms with Crippen molar-refractivity contribution < 1.29 is 19.5 Å². The number of anilines is 2. The minimum atomic E-state index is -1.10. The van der Waals surface area contributed by atoms with Gasteiger partial charge in [0.05, 0.1) is 11.3 Å². The van der Waals surface area contributed by atoms with E-state index in [0.717, 1.165) is 16.7 Å². The van der Waals surface area contributed by atoms with Gasteiger partial charge in [-0.05, 0) is 36.0 Å². The average molecular weight is 328 g/mol. The van der Waals surface area contributed by atoms with Crippen LogP contribution >= 0.6 is 11.8 Å². The molecule has 1 atom stereocenters. The highest BCUT2D eigenvalue weighted by atomic mass is 32.2. The molecule has 2 N–H and O–H groups in total. The molecule has 2 amide bonds. The summed E-state index contributed by atoms with van der Waals surface area (Å²) >= 11 is 0.825.